The zero-order chi connectivity index (χ0) is 13.6. The molecule has 8 heteroatoms. The van der Waals surface area contributed by atoms with Crippen LogP contribution in [0.1, 0.15) is 5.82 Å². The molecule has 0 saturated carbocycles. The fraction of sp³-hybridized carbons (Fsp3) is 0.636. The predicted molar refractivity (Wildman–Crippen MR) is 61.2 cm³/mol. The molecule has 3 heterocycles. The second kappa shape index (κ2) is 4.57. The molecule has 0 aromatic carbocycles. The van der Waals surface area contributed by atoms with Crippen LogP contribution in [0.15, 0.2) is 12.4 Å². The number of nitrogens with zero attached hydrogens (tertiary/aromatic N) is 3. The Hall–Kier alpha value is -1.48. The molecule has 2 aliphatic heterocycles. The molecule has 3 rings (SSSR count). The molecule has 1 fully saturated rings. The molecule has 0 radical (unpaired) electrons. The standard InChI is InChI=1S/C11H15N3O5/c15-5-6-8(16)9(17)10(19-6)14-3-1-7-12-2-4-13(7)11(14)18/h2,4,6,8-10,15-17H,1,3,5H2/t6-,8-,9-,10-/m1/s1. The zero-order valence-corrected chi connectivity index (χ0v) is 10.1. The fourth-order valence-corrected chi connectivity index (χ4v) is 2.52. The monoisotopic (exact) mass is 269 g/mol. The van der Waals surface area contributed by atoms with Gasteiger partial charge >= 0.3 is 6.03 Å². The number of carbonyl (C=O) groups is 1. The average molecular weight is 269 g/mol. The number of aromatic nitrogens is 2. The molecule has 8 nitrogen and oxygen atoms in total. The molecule has 4 atom stereocenters. The van der Waals surface area contributed by atoms with E-state index in [4.69, 9.17) is 9.84 Å². The van der Waals surface area contributed by atoms with Gasteiger partial charge < -0.3 is 20.1 Å². The summed E-state index contributed by atoms with van der Waals surface area (Å²) in [5, 5.41) is 28.7. The summed E-state index contributed by atoms with van der Waals surface area (Å²) in [7, 11) is 0. The largest absolute Gasteiger partial charge is 0.394 e. The van der Waals surface area contributed by atoms with E-state index in [1.807, 2.05) is 0 Å². The Morgan fingerprint density at radius 3 is 2.89 bits per heavy atom. The van der Waals surface area contributed by atoms with Gasteiger partial charge in [0.05, 0.1) is 6.61 Å². The highest BCUT2D eigenvalue weighted by Crippen LogP contribution is 2.26. The van der Waals surface area contributed by atoms with Crippen LogP contribution >= 0.6 is 0 Å². The van der Waals surface area contributed by atoms with Crippen LogP contribution in [0.2, 0.25) is 0 Å². The molecule has 1 saturated heterocycles. The molecule has 1 amide bonds. The van der Waals surface area contributed by atoms with Crippen molar-refractivity contribution in [3.63, 3.8) is 0 Å². The van der Waals surface area contributed by atoms with Gasteiger partial charge in [0.15, 0.2) is 6.23 Å². The van der Waals surface area contributed by atoms with E-state index in [0.29, 0.717) is 18.8 Å². The highest BCUT2D eigenvalue weighted by Gasteiger charge is 2.47. The number of amides is 1. The minimum atomic E-state index is -1.23. The lowest BCUT2D eigenvalue weighted by molar-refractivity contribution is -0.0806. The van der Waals surface area contributed by atoms with E-state index < -0.39 is 31.1 Å². The van der Waals surface area contributed by atoms with Gasteiger partial charge in [-0.25, -0.2) is 9.78 Å². The summed E-state index contributed by atoms with van der Waals surface area (Å²) in [4.78, 5) is 17.6. The lowest BCUT2D eigenvalue weighted by Gasteiger charge is -2.33. The van der Waals surface area contributed by atoms with Gasteiger partial charge in [0.2, 0.25) is 0 Å². The summed E-state index contributed by atoms with van der Waals surface area (Å²) in [5.41, 5.74) is 0. The second-order valence-corrected chi connectivity index (χ2v) is 4.67. The third-order valence-corrected chi connectivity index (χ3v) is 3.57. The summed E-state index contributed by atoms with van der Waals surface area (Å²) in [6, 6.07) is -0.353. The van der Waals surface area contributed by atoms with Crippen LogP contribution in [0.4, 0.5) is 4.79 Å². The summed E-state index contributed by atoms with van der Waals surface area (Å²) >= 11 is 0. The minimum Gasteiger partial charge on any atom is -0.394 e. The Bertz CT molecular complexity index is 490. The predicted octanol–water partition coefficient (Wildman–Crippen LogP) is -1.85. The van der Waals surface area contributed by atoms with Crippen molar-refractivity contribution in [2.45, 2.75) is 31.0 Å². The number of hydrogen-bond donors (Lipinski definition) is 3. The molecular formula is C11H15N3O5. The average Bonchev–Trinajstić information content (AvgIpc) is 2.98. The normalized spacial score (nSPS) is 34.7. The van der Waals surface area contributed by atoms with E-state index in [-0.39, 0.29) is 6.03 Å². The van der Waals surface area contributed by atoms with Gasteiger partial charge in [-0.3, -0.25) is 9.47 Å². The Labute approximate surface area is 108 Å². The first kappa shape index (κ1) is 12.5. The first-order chi connectivity index (χ1) is 9.13. The van der Waals surface area contributed by atoms with E-state index in [0.717, 1.165) is 0 Å². The minimum absolute atomic E-state index is 0.350. The number of aliphatic hydroxyl groups is 3. The number of rotatable bonds is 2. The summed E-state index contributed by atoms with van der Waals surface area (Å²) in [5.74, 6) is 0.660. The molecule has 0 spiro atoms. The van der Waals surface area contributed by atoms with Crippen LogP contribution in [0.25, 0.3) is 0 Å². The zero-order valence-electron chi connectivity index (χ0n) is 10.1. The third-order valence-electron chi connectivity index (χ3n) is 3.57. The Morgan fingerprint density at radius 2 is 2.21 bits per heavy atom. The van der Waals surface area contributed by atoms with Crippen molar-refractivity contribution in [3.05, 3.63) is 18.2 Å². The first-order valence-electron chi connectivity index (χ1n) is 6.09. The van der Waals surface area contributed by atoms with Gasteiger partial charge in [-0.15, -0.1) is 0 Å². The number of hydrogen-bond acceptors (Lipinski definition) is 6. The van der Waals surface area contributed by atoms with Crippen LogP contribution < -0.4 is 0 Å². The van der Waals surface area contributed by atoms with Crippen molar-refractivity contribution in [2.75, 3.05) is 13.2 Å². The van der Waals surface area contributed by atoms with Crippen molar-refractivity contribution in [2.24, 2.45) is 0 Å². The van der Waals surface area contributed by atoms with Crippen molar-refractivity contribution in [1.29, 1.82) is 0 Å². The lowest BCUT2D eigenvalue weighted by atomic mass is 10.1. The third kappa shape index (κ3) is 1.84. The van der Waals surface area contributed by atoms with Crippen LogP contribution in [0.3, 0.4) is 0 Å². The lowest BCUT2D eigenvalue weighted by Crippen LogP contribution is -2.52. The van der Waals surface area contributed by atoms with Crippen LogP contribution in [0, 0.1) is 0 Å². The molecule has 19 heavy (non-hydrogen) atoms. The van der Waals surface area contributed by atoms with Crippen molar-refractivity contribution in [1.82, 2.24) is 14.5 Å². The van der Waals surface area contributed by atoms with Crippen molar-refractivity contribution < 1.29 is 24.9 Å². The van der Waals surface area contributed by atoms with E-state index >= 15 is 0 Å². The van der Waals surface area contributed by atoms with Gasteiger partial charge in [-0.1, -0.05) is 0 Å². The smallest absolute Gasteiger partial charge is 0.331 e. The molecule has 0 unspecified atom stereocenters. The topological polar surface area (TPSA) is 108 Å². The fourth-order valence-electron chi connectivity index (χ4n) is 2.52. The maximum absolute atomic E-state index is 12.2. The van der Waals surface area contributed by atoms with Gasteiger partial charge in [0.25, 0.3) is 0 Å². The van der Waals surface area contributed by atoms with Gasteiger partial charge in [-0.05, 0) is 0 Å². The Balaban J connectivity index is 1.83. The van der Waals surface area contributed by atoms with E-state index in [1.54, 1.807) is 6.20 Å². The van der Waals surface area contributed by atoms with E-state index in [2.05, 4.69) is 4.98 Å². The highest BCUT2D eigenvalue weighted by molar-refractivity contribution is 5.78. The van der Waals surface area contributed by atoms with Gasteiger partial charge in [0.1, 0.15) is 24.1 Å². The summed E-state index contributed by atoms with van der Waals surface area (Å²) in [6.07, 6.45) is -0.630. The van der Waals surface area contributed by atoms with Crippen LogP contribution in [0.5, 0.6) is 0 Å². The number of carbonyl (C=O) groups excluding carboxylic acids is 1. The number of fused-ring (bicyclic) bond motifs is 1. The molecule has 0 aliphatic carbocycles. The second-order valence-electron chi connectivity index (χ2n) is 4.67. The molecule has 0 bridgehead atoms. The highest BCUT2D eigenvalue weighted by atomic mass is 16.6. The first-order valence-corrected chi connectivity index (χ1v) is 6.09. The summed E-state index contributed by atoms with van der Waals surface area (Å²) < 4.78 is 6.75. The van der Waals surface area contributed by atoms with E-state index in [9.17, 15) is 15.0 Å². The molecular weight excluding hydrogens is 254 g/mol. The maximum Gasteiger partial charge on any atom is 0.331 e. The Kier molecular flexibility index (Phi) is 3.02. The van der Waals surface area contributed by atoms with Crippen molar-refractivity contribution >= 4 is 6.03 Å². The number of imidazole rings is 1. The van der Waals surface area contributed by atoms with Crippen LogP contribution in [-0.2, 0) is 11.2 Å². The Morgan fingerprint density at radius 1 is 1.42 bits per heavy atom. The number of aliphatic hydroxyl groups excluding tert-OH is 3. The molecule has 1 aromatic rings. The van der Waals surface area contributed by atoms with Gasteiger partial charge in [0, 0.05) is 25.4 Å². The molecule has 2 aliphatic rings. The quantitative estimate of drug-likeness (QED) is 0.581. The molecule has 1 aromatic heterocycles. The van der Waals surface area contributed by atoms with Gasteiger partial charge in [-0.2, -0.15) is 0 Å². The molecule has 104 valence electrons. The number of ether oxygens (including phenoxy) is 1. The van der Waals surface area contributed by atoms with E-state index in [1.165, 1.54) is 15.7 Å². The molecule has 3 N–H and O–H groups in total. The van der Waals surface area contributed by atoms with Crippen molar-refractivity contribution in [3.8, 4) is 0 Å². The summed E-state index contributed by atoms with van der Waals surface area (Å²) in [6.45, 7) is -0.0600. The SMILES string of the molecule is O=C1N([C@@H]2O[C@H](CO)[C@@H](O)[C@H]2O)CCc2nccn21. The maximum atomic E-state index is 12.2. The van der Waals surface area contributed by atoms with Crippen LogP contribution in [-0.4, -0.2) is 73.5 Å².